The van der Waals surface area contributed by atoms with Gasteiger partial charge in [-0.15, -0.1) is 0 Å². The van der Waals surface area contributed by atoms with Crippen LogP contribution in [0.15, 0.2) is 24.3 Å². The zero-order chi connectivity index (χ0) is 14.5. The van der Waals surface area contributed by atoms with Crippen LogP contribution in [-0.4, -0.2) is 19.1 Å². The smallest absolute Gasteiger partial charge is 0.0367 e. The molecule has 0 amide bonds. The number of rotatable bonds is 5. The van der Waals surface area contributed by atoms with Crippen molar-refractivity contribution in [3.8, 4) is 0 Å². The van der Waals surface area contributed by atoms with Crippen molar-refractivity contribution in [2.45, 2.75) is 53.0 Å². The van der Waals surface area contributed by atoms with E-state index in [4.69, 9.17) is 0 Å². The maximum atomic E-state index is 3.73. The van der Waals surface area contributed by atoms with Crippen molar-refractivity contribution in [3.05, 3.63) is 24.3 Å². The minimum atomic E-state index is 0.646. The molecule has 2 atom stereocenters. The molecule has 2 nitrogen and oxygen atoms in total. The van der Waals surface area contributed by atoms with Crippen LogP contribution in [0.4, 0.5) is 11.4 Å². The highest BCUT2D eigenvalue weighted by Gasteiger charge is 2.23. The van der Waals surface area contributed by atoms with Crippen molar-refractivity contribution in [2.24, 2.45) is 11.8 Å². The molecule has 2 rings (SSSR count). The van der Waals surface area contributed by atoms with Crippen molar-refractivity contribution >= 4 is 11.4 Å². The first-order valence-electron chi connectivity index (χ1n) is 8.23. The quantitative estimate of drug-likeness (QED) is 0.832. The summed E-state index contributed by atoms with van der Waals surface area (Å²) in [7, 11) is 0. The molecule has 0 radical (unpaired) electrons. The van der Waals surface area contributed by atoms with Crippen LogP contribution >= 0.6 is 0 Å². The van der Waals surface area contributed by atoms with E-state index >= 15 is 0 Å². The molecule has 2 unspecified atom stereocenters. The van der Waals surface area contributed by atoms with Gasteiger partial charge in [-0.05, 0) is 69.2 Å². The summed E-state index contributed by atoms with van der Waals surface area (Å²) in [6, 6.07) is 9.60. The fraction of sp³-hybridized carbons (Fsp3) is 0.667. The highest BCUT2D eigenvalue weighted by atomic mass is 15.1. The second-order valence-electron chi connectivity index (χ2n) is 6.48. The minimum absolute atomic E-state index is 0.646. The molecule has 0 aromatic heterocycles. The van der Waals surface area contributed by atoms with E-state index in [1.165, 1.54) is 30.6 Å². The Balaban J connectivity index is 1.96. The monoisotopic (exact) mass is 274 g/mol. The lowest BCUT2D eigenvalue weighted by Crippen LogP contribution is -2.30. The molecule has 1 saturated carbocycles. The second-order valence-corrected chi connectivity index (χ2v) is 6.48. The van der Waals surface area contributed by atoms with Gasteiger partial charge in [0.05, 0.1) is 0 Å². The second kappa shape index (κ2) is 7.01. The molecule has 2 heteroatoms. The van der Waals surface area contributed by atoms with Gasteiger partial charge >= 0.3 is 0 Å². The summed E-state index contributed by atoms with van der Waals surface area (Å²) in [6.07, 6.45) is 4.00. The Morgan fingerprint density at radius 1 is 0.950 bits per heavy atom. The van der Waals surface area contributed by atoms with Crippen LogP contribution in [0.2, 0.25) is 0 Å². The van der Waals surface area contributed by atoms with Crippen molar-refractivity contribution in [1.82, 2.24) is 0 Å². The number of benzene rings is 1. The van der Waals surface area contributed by atoms with Crippen LogP contribution in [-0.2, 0) is 0 Å². The molecule has 1 aromatic rings. The van der Waals surface area contributed by atoms with Crippen molar-refractivity contribution in [3.63, 3.8) is 0 Å². The fourth-order valence-electron chi connectivity index (χ4n) is 3.66. The molecular formula is C18H30N2. The van der Waals surface area contributed by atoms with Crippen LogP contribution in [0.5, 0.6) is 0 Å². The summed E-state index contributed by atoms with van der Waals surface area (Å²) in [6.45, 7) is 11.3. The molecule has 0 aliphatic heterocycles. The van der Waals surface area contributed by atoms with E-state index in [9.17, 15) is 0 Å². The molecule has 1 aromatic carbocycles. The van der Waals surface area contributed by atoms with E-state index in [-0.39, 0.29) is 0 Å². The summed E-state index contributed by atoms with van der Waals surface area (Å²) >= 11 is 0. The van der Waals surface area contributed by atoms with Crippen LogP contribution in [0, 0.1) is 11.8 Å². The summed E-state index contributed by atoms with van der Waals surface area (Å²) in [4.78, 5) is 2.38. The lowest BCUT2D eigenvalue weighted by Gasteiger charge is -2.32. The molecule has 1 N–H and O–H groups in total. The Bertz CT molecular complexity index is 384. The first kappa shape index (κ1) is 15.2. The van der Waals surface area contributed by atoms with E-state index in [1.54, 1.807) is 0 Å². The zero-order valence-electron chi connectivity index (χ0n) is 13.5. The maximum Gasteiger partial charge on any atom is 0.0367 e. The van der Waals surface area contributed by atoms with Gasteiger partial charge in [0.1, 0.15) is 0 Å². The molecule has 1 aliphatic rings. The third kappa shape index (κ3) is 3.91. The maximum absolute atomic E-state index is 3.73. The SMILES string of the molecule is CCN(CC)c1ccc(NC2CC(C)CC(C)C2)cc1. The molecule has 112 valence electrons. The molecule has 0 bridgehead atoms. The molecule has 0 heterocycles. The average Bonchev–Trinajstić information content (AvgIpc) is 2.41. The van der Waals surface area contributed by atoms with Crippen molar-refractivity contribution in [2.75, 3.05) is 23.3 Å². The number of nitrogens with one attached hydrogen (secondary N) is 1. The molecule has 0 spiro atoms. The summed E-state index contributed by atoms with van der Waals surface area (Å²) in [5.74, 6) is 1.71. The summed E-state index contributed by atoms with van der Waals surface area (Å²) < 4.78 is 0. The van der Waals surface area contributed by atoms with Gasteiger partial charge < -0.3 is 10.2 Å². The predicted octanol–water partition coefficient (Wildman–Crippen LogP) is 4.77. The molecule has 0 saturated heterocycles. The topological polar surface area (TPSA) is 15.3 Å². The summed E-state index contributed by atoms with van der Waals surface area (Å²) in [5.41, 5.74) is 2.60. The standard InChI is InChI=1S/C18H30N2/c1-5-20(6-2)18-9-7-16(8-10-18)19-17-12-14(3)11-15(4)13-17/h7-10,14-15,17,19H,5-6,11-13H2,1-4H3. The van der Waals surface area contributed by atoms with Gasteiger partial charge in [-0.3, -0.25) is 0 Å². The Hall–Kier alpha value is -1.18. The van der Waals surface area contributed by atoms with Gasteiger partial charge in [0.15, 0.2) is 0 Å². The molecular weight excluding hydrogens is 244 g/mol. The predicted molar refractivity (Wildman–Crippen MR) is 89.6 cm³/mol. The molecule has 20 heavy (non-hydrogen) atoms. The van der Waals surface area contributed by atoms with Gasteiger partial charge in [0, 0.05) is 30.5 Å². The van der Waals surface area contributed by atoms with E-state index in [1.807, 2.05) is 0 Å². The van der Waals surface area contributed by atoms with E-state index in [0.717, 1.165) is 24.9 Å². The zero-order valence-corrected chi connectivity index (χ0v) is 13.5. The van der Waals surface area contributed by atoms with E-state index < -0.39 is 0 Å². The third-order valence-corrected chi connectivity index (χ3v) is 4.55. The van der Waals surface area contributed by atoms with Gasteiger partial charge in [0.2, 0.25) is 0 Å². The number of anilines is 2. The van der Waals surface area contributed by atoms with Gasteiger partial charge in [0.25, 0.3) is 0 Å². The van der Waals surface area contributed by atoms with Crippen molar-refractivity contribution in [1.29, 1.82) is 0 Å². The van der Waals surface area contributed by atoms with E-state index in [0.29, 0.717) is 6.04 Å². The minimum Gasteiger partial charge on any atom is -0.382 e. The lowest BCUT2D eigenvalue weighted by molar-refractivity contribution is 0.281. The van der Waals surface area contributed by atoms with Gasteiger partial charge in [-0.2, -0.15) is 0 Å². The fourth-order valence-corrected chi connectivity index (χ4v) is 3.66. The van der Waals surface area contributed by atoms with Crippen molar-refractivity contribution < 1.29 is 0 Å². The highest BCUT2D eigenvalue weighted by Crippen LogP contribution is 2.30. The van der Waals surface area contributed by atoms with Gasteiger partial charge in [-0.1, -0.05) is 13.8 Å². The Labute approximate surface area is 124 Å². The molecule has 1 fully saturated rings. The number of nitrogens with zero attached hydrogens (tertiary/aromatic N) is 1. The largest absolute Gasteiger partial charge is 0.382 e. The van der Waals surface area contributed by atoms with Gasteiger partial charge in [-0.25, -0.2) is 0 Å². The first-order chi connectivity index (χ1) is 9.62. The third-order valence-electron chi connectivity index (χ3n) is 4.55. The highest BCUT2D eigenvalue weighted by molar-refractivity contribution is 5.55. The Morgan fingerprint density at radius 2 is 1.50 bits per heavy atom. The Kier molecular flexibility index (Phi) is 5.33. The number of hydrogen-bond donors (Lipinski definition) is 1. The van der Waals surface area contributed by atoms with E-state index in [2.05, 4.69) is 62.2 Å². The van der Waals surface area contributed by atoms with Crippen LogP contribution in [0.3, 0.4) is 0 Å². The van der Waals surface area contributed by atoms with Crippen LogP contribution in [0.1, 0.15) is 47.0 Å². The Morgan fingerprint density at radius 3 is 2.00 bits per heavy atom. The van der Waals surface area contributed by atoms with Crippen LogP contribution < -0.4 is 10.2 Å². The molecule has 1 aliphatic carbocycles. The summed E-state index contributed by atoms with van der Waals surface area (Å²) in [5, 5.41) is 3.73. The first-order valence-corrected chi connectivity index (χ1v) is 8.23. The lowest BCUT2D eigenvalue weighted by atomic mass is 9.80. The van der Waals surface area contributed by atoms with Crippen LogP contribution in [0.25, 0.3) is 0 Å². The normalized spacial score (nSPS) is 26.3. The average molecular weight is 274 g/mol. The number of hydrogen-bond acceptors (Lipinski definition) is 2.